The minimum Gasteiger partial charge on any atom is -0.333 e. The van der Waals surface area contributed by atoms with Crippen molar-refractivity contribution < 1.29 is 0 Å². The Kier molecular flexibility index (Phi) is 3.69. The minimum atomic E-state index is 0.669. The van der Waals surface area contributed by atoms with E-state index in [-0.39, 0.29) is 0 Å². The molecule has 0 spiro atoms. The highest BCUT2D eigenvalue weighted by Crippen LogP contribution is 2.49. The van der Waals surface area contributed by atoms with E-state index in [4.69, 9.17) is 23.8 Å². The number of rotatable bonds is 2. The molecule has 0 saturated heterocycles. The summed E-state index contributed by atoms with van der Waals surface area (Å²) in [6.45, 7) is 0.669. The van der Waals surface area contributed by atoms with Gasteiger partial charge in [-0.05, 0) is 42.5 Å². The van der Waals surface area contributed by atoms with Crippen LogP contribution in [0, 0.1) is 3.95 Å². The number of para-hydroxylation sites is 1. The molecule has 1 N–H and O–H groups in total. The maximum Gasteiger partial charge on any atom is 0.176 e. The first-order chi connectivity index (χ1) is 10.7. The average Bonchev–Trinajstić information content (AvgIpc) is 2.93. The second-order valence-corrected chi connectivity index (χ2v) is 8.05. The van der Waals surface area contributed by atoms with Gasteiger partial charge in [0.15, 0.2) is 3.95 Å². The lowest BCUT2D eigenvalue weighted by Crippen LogP contribution is -2.20. The van der Waals surface area contributed by atoms with Gasteiger partial charge in [-0.2, -0.15) is 5.10 Å². The highest BCUT2D eigenvalue weighted by molar-refractivity contribution is 7.99. The van der Waals surface area contributed by atoms with Crippen LogP contribution in [0.15, 0.2) is 52.3 Å². The van der Waals surface area contributed by atoms with E-state index < -0.39 is 0 Å². The molecule has 0 saturated carbocycles. The predicted molar refractivity (Wildman–Crippen MR) is 95.2 cm³/mol. The van der Waals surface area contributed by atoms with Crippen molar-refractivity contribution in [1.29, 1.82) is 0 Å². The maximum atomic E-state index is 6.20. The van der Waals surface area contributed by atoms with Gasteiger partial charge >= 0.3 is 0 Å². The summed E-state index contributed by atoms with van der Waals surface area (Å²) in [6, 6.07) is 14.4. The molecule has 0 bridgehead atoms. The van der Waals surface area contributed by atoms with Crippen LogP contribution in [0.4, 0.5) is 11.4 Å². The average molecular weight is 364 g/mol. The molecule has 0 aliphatic carbocycles. The number of anilines is 2. The SMILES string of the molecule is S=c1[nH]nc(CN2c3ccccc3Sc3ccc(Cl)cc32)s1. The fourth-order valence-electron chi connectivity index (χ4n) is 2.44. The van der Waals surface area contributed by atoms with Gasteiger partial charge in [-0.15, -0.1) is 0 Å². The van der Waals surface area contributed by atoms with Crippen molar-refractivity contribution in [2.75, 3.05) is 4.90 Å². The molecule has 22 heavy (non-hydrogen) atoms. The van der Waals surface area contributed by atoms with Crippen molar-refractivity contribution in [3.63, 3.8) is 0 Å². The Hall–Kier alpha value is -1.34. The lowest BCUT2D eigenvalue weighted by atomic mass is 10.2. The third kappa shape index (κ3) is 2.56. The summed E-state index contributed by atoms with van der Waals surface area (Å²) in [4.78, 5) is 4.67. The van der Waals surface area contributed by atoms with Gasteiger partial charge in [0.25, 0.3) is 0 Å². The van der Waals surface area contributed by atoms with Gasteiger partial charge in [-0.1, -0.05) is 46.8 Å². The molecule has 0 amide bonds. The van der Waals surface area contributed by atoms with E-state index in [1.165, 1.54) is 26.8 Å². The number of halogens is 1. The van der Waals surface area contributed by atoms with Crippen molar-refractivity contribution in [3.8, 4) is 0 Å². The second kappa shape index (κ2) is 5.70. The molecule has 0 fully saturated rings. The summed E-state index contributed by atoms with van der Waals surface area (Å²) >= 11 is 14.6. The van der Waals surface area contributed by atoms with E-state index in [2.05, 4.69) is 45.4 Å². The molecule has 4 rings (SSSR count). The van der Waals surface area contributed by atoms with Crippen LogP contribution >= 0.6 is 46.9 Å². The number of aromatic amines is 1. The fourth-order valence-corrected chi connectivity index (χ4v) is 4.60. The summed E-state index contributed by atoms with van der Waals surface area (Å²) in [5.74, 6) is 0. The Morgan fingerprint density at radius 3 is 2.77 bits per heavy atom. The number of benzene rings is 2. The zero-order valence-electron chi connectivity index (χ0n) is 11.2. The highest BCUT2D eigenvalue weighted by Gasteiger charge is 2.24. The van der Waals surface area contributed by atoms with Crippen LogP contribution in [0.25, 0.3) is 0 Å². The van der Waals surface area contributed by atoms with Crippen LogP contribution in [-0.4, -0.2) is 10.2 Å². The summed E-state index contributed by atoms with van der Waals surface area (Å²) in [6.07, 6.45) is 0. The number of nitrogens with one attached hydrogen (secondary N) is 1. The van der Waals surface area contributed by atoms with Crippen LogP contribution < -0.4 is 4.90 Å². The molecule has 0 radical (unpaired) electrons. The number of aromatic nitrogens is 2. The van der Waals surface area contributed by atoms with Gasteiger partial charge in [0.2, 0.25) is 0 Å². The summed E-state index contributed by atoms with van der Waals surface area (Å²) in [5, 5.41) is 8.82. The van der Waals surface area contributed by atoms with Crippen molar-refractivity contribution in [2.45, 2.75) is 16.3 Å². The van der Waals surface area contributed by atoms with Crippen molar-refractivity contribution in [1.82, 2.24) is 10.2 Å². The van der Waals surface area contributed by atoms with Gasteiger partial charge in [0, 0.05) is 14.8 Å². The van der Waals surface area contributed by atoms with E-state index in [0.717, 1.165) is 15.7 Å². The lowest BCUT2D eigenvalue weighted by molar-refractivity contribution is 0.892. The zero-order valence-corrected chi connectivity index (χ0v) is 14.5. The van der Waals surface area contributed by atoms with E-state index in [1.807, 2.05) is 12.1 Å². The van der Waals surface area contributed by atoms with Crippen LogP contribution in [0.5, 0.6) is 0 Å². The summed E-state index contributed by atoms with van der Waals surface area (Å²) < 4.78 is 0.695. The van der Waals surface area contributed by atoms with Crippen molar-refractivity contribution >= 4 is 58.3 Å². The number of fused-ring (bicyclic) bond motifs is 2. The van der Waals surface area contributed by atoms with Gasteiger partial charge < -0.3 is 4.90 Å². The fraction of sp³-hybridized carbons (Fsp3) is 0.0667. The molecular weight excluding hydrogens is 354 g/mol. The van der Waals surface area contributed by atoms with E-state index in [0.29, 0.717) is 10.5 Å². The molecule has 0 unspecified atom stereocenters. The smallest absolute Gasteiger partial charge is 0.176 e. The predicted octanol–water partition coefficient (Wildman–Crippen LogP) is 5.66. The highest BCUT2D eigenvalue weighted by atomic mass is 35.5. The van der Waals surface area contributed by atoms with Gasteiger partial charge in [0.1, 0.15) is 5.01 Å². The molecule has 3 aromatic rings. The molecule has 1 aliphatic heterocycles. The molecule has 1 aromatic heterocycles. The Bertz CT molecular complexity index is 903. The van der Waals surface area contributed by atoms with Crippen LogP contribution in [-0.2, 0) is 6.54 Å². The molecule has 2 aromatic carbocycles. The Balaban J connectivity index is 1.84. The normalized spacial score (nSPS) is 12.9. The van der Waals surface area contributed by atoms with Crippen molar-refractivity contribution in [3.05, 3.63) is 56.4 Å². The molecular formula is C15H10ClN3S3. The maximum absolute atomic E-state index is 6.20. The van der Waals surface area contributed by atoms with E-state index in [1.54, 1.807) is 11.8 Å². The number of hydrogen-bond donors (Lipinski definition) is 1. The van der Waals surface area contributed by atoms with Crippen LogP contribution in [0.2, 0.25) is 5.02 Å². The first kappa shape index (κ1) is 14.3. The quantitative estimate of drug-likeness (QED) is 0.595. The molecule has 0 atom stereocenters. The van der Waals surface area contributed by atoms with E-state index >= 15 is 0 Å². The van der Waals surface area contributed by atoms with E-state index in [9.17, 15) is 0 Å². The third-order valence-electron chi connectivity index (χ3n) is 3.36. The molecule has 110 valence electrons. The lowest BCUT2D eigenvalue weighted by Gasteiger charge is -2.32. The number of H-pyrrole nitrogens is 1. The Morgan fingerprint density at radius 1 is 1.14 bits per heavy atom. The Morgan fingerprint density at radius 2 is 1.95 bits per heavy atom. The zero-order chi connectivity index (χ0) is 15.1. The summed E-state index contributed by atoms with van der Waals surface area (Å²) in [5.41, 5.74) is 2.28. The largest absolute Gasteiger partial charge is 0.333 e. The first-order valence-electron chi connectivity index (χ1n) is 6.59. The minimum absolute atomic E-state index is 0.669. The third-order valence-corrected chi connectivity index (χ3v) is 5.80. The number of hydrogen-bond acceptors (Lipinski definition) is 5. The van der Waals surface area contributed by atoms with Crippen molar-refractivity contribution in [2.24, 2.45) is 0 Å². The monoisotopic (exact) mass is 363 g/mol. The Labute approximate surface area is 145 Å². The van der Waals surface area contributed by atoms with Gasteiger partial charge in [-0.3, -0.25) is 5.10 Å². The molecule has 7 heteroatoms. The van der Waals surface area contributed by atoms with Gasteiger partial charge in [0.05, 0.1) is 17.9 Å². The topological polar surface area (TPSA) is 31.9 Å². The van der Waals surface area contributed by atoms with Gasteiger partial charge in [-0.25, -0.2) is 0 Å². The van der Waals surface area contributed by atoms with Crippen LogP contribution in [0.1, 0.15) is 5.01 Å². The second-order valence-electron chi connectivity index (χ2n) is 4.77. The summed E-state index contributed by atoms with van der Waals surface area (Å²) in [7, 11) is 0. The molecule has 1 aliphatic rings. The number of nitrogens with zero attached hydrogens (tertiary/aromatic N) is 2. The standard InChI is InChI=1S/C15H10ClN3S3/c16-9-5-6-13-11(7-9)19(8-14-17-18-15(20)22-14)10-3-1-2-4-12(10)21-13/h1-7H,8H2,(H,18,20). The van der Waals surface area contributed by atoms with Crippen LogP contribution in [0.3, 0.4) is 0 Å². The molecule has 2 heterocycles. The first-order valence-corrected chi connectivity index (χ1v) is 9.01. The molecule has 3 nitrogen and oxygen atoms in total.